The van der Waals surface area contributed by atoms with E-state index in [0.29, 0.717) is 43.9 Å². The summed E-state index contributed by atoms with van der Waals surface area (Å²) in [5.74, 6) is -0.327. The van der Waals surface area contributed by atoms with Crippen LogP contribution in [0.2, 0.25) is 0 Å². The molecular weight excluding hydrogens is 430 g/mol. The first-order chi connectivity index (χ1) is 15.6. The van der Waals surface area contributed by atoms with Crippen LogP contribution in [0.4, 0.5) is 0 Å². The van der Waals surface area contributed by atoms with Gasteiger partial charge >= 0.3 is 5.97 Å². The molecule has 2 aliphatic heterocycles. The van der Waals surface area contributed by atoms with Crippen molar-refractivity contribution in [3.05, 3.63) is 50.1 Å². The molecule has 0 aromatic carbocycles. The molecule has 172 valence electrons. The number of amides is 1. The Hall–Kier alpha value is -2.65. The van der Waals surface area contributed by atoms with Crippen molar-refractivity contribution in [2.45, 2.75) is 32.2 Å². The van der Waals surface area contributed by atoms with Gasteiger partial charge in [-0.1, -0.05) is 6.42 Å². The number of thiophene rings is 1. The van der Waals surface area contributed by atoms with E-state index in [9.17, 15) is 14.4 Å². The molecule has 0 aliphatic carbocycles. The zero-order valence-electron chi connectivity index (χ0n) is 18.4. The lowest BCUT2D eigenvalue weighted by Crippen LogP contribution is -2.34. The van der Waals surface area contributed by atoms with Crippen LogP contribution in [0.1, 0.15) is 45.7 Å². The summed E-state index contributed by atoms with van der Waals surface area (Å²) in [6, 6.07) is 3.17. The van der Waals surface area contributed by atoms with Gasteiger partial charge < -0.3 is 18.9 Å². The van der Waals surface area contributed by atoms with E-state index in [1.807, 2.05) is 10.8 Å². The van der Waals surface area contributed by atoms with Crippen LogP contribution in [0.15, 0.2) is 27.7 Å². The van der Waals surface area contributed by atoms with Crippen LogP contribution in [-0.4, -0.2) is 72.7 Å². The number of aromatic nitrogens is 1. The summed E-state index contributed by atoms with van der Waals surface area (Å²) in [6.45, 7) is 4.38. The summed E-state index contributed by atoms with van der Waals surface area (Å²) >= 11 is 1.47. The van der Waals surface area contributed by atoms with Crippen molar-refractivity contribution in [2.75, 3.05) is 46.4 Å². The highest BCUT2D eigenvalue weighted by atomic mass is 32.1. The van der Waals surface area contributed by atoms with Gasteiger partial charge in [0.1, 0.15) is 17.9 Å². The lowest BCUT2D eigenvalue weighted by atomic mass is 10.1. The number of ether oxygens (including phenoxy) is 2. The molecule has 1 amide bonds. The molecule has 0 saturated carbocycles. The number of pyridine rings is 1. The number of nitrogens with zero attached hydrogens (tertiary/aromatic N) is 3. The molecule has 1 fully saturated rings. The first-order valence-corrected chi connectivity index (χ1v) is 12.0. The topological polar surface area (TPSA) is 81.1 Å². The van der Waals surface area contributed by atoms with Crippen LogP contribution >= 0.6 is 11.3 Å². The molecule has 0 spiro atoms. The van der Waals surface area contributed by atoms with E-state index >= 15 is 0 Å². The lowest BCUT2D eigenvalue weighted by Gasteiger charge is -2.26. The number of piperidine rings is 1. The molecule has 2 aromatic heterocycles. The molecule has 2 aromatic rings. The van der Waals surface area contributed by atoms with Crippen LogP contribution < -0.4 is 10.3 Å². The van der Waals surface area contributed by atoms with E-state index in [1.165, 1.54) is 43.8 Å². The minimum absolute atomic E-state index is 0.0651. The Kier molecular flexibility index (Phi) is 7.26. The van der Waals surface area contributed by atoms with Gasteiger partial charge in [-0.15, -0.1) is 0 Å². The Morgan fingerprint density at radius 3 is 2.62 bits per heavy atom. The number of hydrogen-bond donors (Lipinski definition) is 0. The zero-order valence-corrected chi connectivity index (χ0v) is 19.2. The number of methoxy groups -OCH3 is 1. The number of esters is 1. The molecule has 0 atom stereocenters. The van der Waals surface area contributed by atoms with Gasteiger partial charge in [0.15, 0.2) is 0 Å². The molecule has 1 saturated heterocycles. The average Bonchev–Trinajstić information content (AvgIpc) is 3.26. The van der Waals surface area contributed by atoms with E-state index in [1.54, 1.807) is 15.5 Å². The van der Waals surface area contributed by atoms with E-state index in [0.717, 1.165) is 19.6 Å². The summed E-state index contributed by atoms with van der Waals surface area (Å²) in [4.78, 5) is 42.5. The Bertz CT molecular complexity index is 1010. The predicted molar refractivity (Wildman–Crippen MR) is 122 cm³/mol. The molecular formula is C23H29N3O5S. The fourth-order valence-corrected chi connectivity index (χ4v) is 5.05. The average molecular weight is 460 g/mol. The van der Waals surface area contributed by atoms with Gasteiger partial charge in [0.05, 0.1) is 12.7 Å². The molecule has 32 heavy (non-hydrogen) atoms. The van der Waals surface area contributed by atoms with Gasteiger partial charge in [-0.25, -0.2) is 4.79 Å². The second kappa shape index (κ2) is 10.3. The second-order valence-electron chi connectivity index (χ2n) is 8.12. The lowest BCUT2D eigenvalue weighted by molar-refractivity contribution is 0.0592. The Balaban J connectivity index is 1.55. The number of likely N-dealkylation sites (tertiary alicyclic amines) is 1. The van der Waals surface area contributed by atoms with Crippen LogP contribution in [0.3, 0.4) is 0 Å². The van der Waals surface area contributed by atoms with E-state index in [4.69, 9.17) is 9.47 Å². The predicted octanol–water partition coefficient (Wildman–Crippen LogP) is 2.26. The number of fused-ring (bicyclic) bond motifs is 1. The van der Waals surface area contributed by atoms with E-state index < -0.39 is 5.97 Å². The van der Waals surface area contributed by atoms with Gasteiger partial charge in [0, 0.05) is 49.7 Å². The van der Waals surface area contributed by atoms with Crippen molar-refractivity contribution in [1.82, 2.24) is 14.4 Å². The highest BCUT2D eigenvalue weighted by molar-refractivity contribution is 7.08. The van der Waals surface area contributed by atoms with Gasteiger partial charge in [0.25, 0.3) is 11.5 Å². The maximum absolute atomic E-state index is 12.9. The highest BCUT2D eigenvalue weighted by Gasteiger charge is 2.28. The Labute approximate surface area is 191 Å². The molecule has 9 heteroatoms. The van der Waals surface area contributed by atoms with Gasteiger partial charge in [-0.05, 0) is 37.4 Å². The number of carbonyl (C=O) groups excluding carboxylic acids is 2. The third-order valence-corrected chi connectivity index (χ3v) is 6.84. The van der Waals surface area contributed by atoms with Crippen molar-refractivity contribution >= 4 is 23.2 Å². The first-order valence-electron chi connectivity index (χ1n) is 11.1. The van der Waals surface area contributed by atoms with Crippen LogP contribution in [-0.2, 0) is 17.7 Å². The van der Waals surface area contributed by atoms with Crippen LogP contribution in [0.25, 0.3) is 0 Å². The summed E-state index contributed by atoms with van der Waals surface area (Å²) in [5.41, 5.74) is 1.27. The fourth-order valence-electron chi connectivity index (χ4n) is 4.42. The zero-order chi connectivity index (χ0) is 22.5. The Morgan fingerprint density at radius 1 is 1.09 bits per heavy atom. The third-order valence-electron chi connectivity index (χ3n) is 6.15. The normalized spacial score (nSPS) is 16.8. The Morgan fingerprint density at radius 2 is 1.91 bits per heavy atom. The van der Waals surface area contributed by atoms with Gasteiger partial charge in [-0.3, -0.25) is 14.5 Å². The van der Waals surface area contributed by atoms with E-state index in [2.05, 4.69) is 4.90 Å². The second-order valence-corrected chi connectivity index (χ2v) is 8.90. The maximum atomic E-state index is 12.9. The molecule has 4 rings (SSSR count). The molecule has 0 bridgehead atoms. The standard InChI is InChI=1S/C23H29N3O5S/c1-30-23(29)21-18-5-9-25(22(28)17-6-14-32-16-17)10-11-26(18)20(27)15-19(21)31-13-12-24-7-3-2-4-8-24/h6,14-16H,2-5,7-13H2,1H3. The van der Waals surface area contributed by atoms with E-state index in [-0.39, 0.29) is 22.8 Å². The smallest absolute Gasteiger partial charge is 0.343 e. The van der Waals surface area contributed by atoms with Crippen molar-refractivity contribution < 1.29 is 19.1 Å². The number of hydrogen-bond acceptors (Lipinski definition) is 7. The summed E-state index contributed by atoms with van der Waals surface area (Å²) in [5, 5.41) is 3.69. The highest BCUT2D eigenvalue weighted by Crippen LogP contribution is 2.25. The van der Waals surface area contributed by atoms with Gasteiger partial charge in [0.2, 0.25) is 0 Å². The first kappa shape index (κ1) is 22.5. The quantitative estimate of drug-likeness (QED) is 0.617. The molecule has 0 unspecified atom stereocenters. The minimum Gasteiger partial charge on any atom is -0.491 e. The fraction of sp³-hybridized carbons (Fsp3) is 0.522. The number of carbonyl (C=O) groups is 2. The molecule has 0 radical (unpaired) electrons. The minimum atomic E-state index is -0.528. The summed E-state index contributed by atoms with van der Waals surface area (Å²) < 4.78 is 12.6. The molecule has 0 N–H and O–H groups in total. The maximum Gasteiger partial charge on any atom is 0.343 e. The third kappa shape index (κ3) is 4.88. The molecule has 2 aliphatic rings. The monoisotopic (exact) mass is 459 g/mol. The van der Waals surface area contributed by atoms with Crippen molar-refractivity contribution in [2.24, 2.45) is 0 Å². The largest absolute Gasteiger partial charge is 0.491 e. The summed E-state index contributed by atoms with van der Waals surface area (Å²) in [7, 11) is 1.32. The van der Waals surface area contributed by atoms with Crippen LogP contribution in [0.5, 0.6) is 5.75 Å². The molecule has 8 nitrogen and oxygen atoms in total. The van der Waals surface area contributed by atoms with Crippen molar-refractivity contribution in [3.63, 3.8) is 0 Å². The van der Waals surface area contributed by atoms with Crippen molar-refractivity contribution in [3.8, 4) is 5.75 Å². The molecule has 4 heterocycles. The SMILES string of the molecule is COC(=O)c1c(OCCN2CCCCC2)cc(=O)n2c1CCN(C(=O)c1ccsc1)CC2. The van der Waals surface area contributed by atoms with Gasteiger partial charge in [-0.2, -0.15) is 11.3 Å². The number of rotatable bonds is 6. The summed E-state index contributed by atoms with van der Waals surface area (Å²) in [6.07, 6.45) is 4.01. The van der Waals surface area contributed by atoms with Crippen LogP contribution in [0, 0.1) is 0 Å². The van der Waals surface area contributed by atoms with Crippen molar-refractivity contribution in [1.29, 1.82) is 0 Å².